The van der Waals surface area contributed by atoms with Crippen molar-refractivity contribution in [3.63, 3.8) is 0 Å². The summed E-state index contributed by atoms with van der Waals surface area (Å²) < 4.78 is 17.3. The number of aromatic nitrogens is 1. The van der Waals surface area contributed by atoms with E-state index in [0.29, 0.717) is 28.1 Å². The zero-order valence-electron chi connectivity index (χ0n) is 18.2. The van der Waals surface area contributed by atoms with E-state index < -0.39 is 4.92 Å². The van der Waals surface area contributed by atoms with Crippen LogP contribution in [-0.4, -0.2) is 21.8 Å². The maximum atomic E-state index is 11.0. The van der Waals surface area contributed by atoms with Gasteiger partial charge in [-0.05, 0) is 60.7 Å². The molecule has 0 spiro atoms. The van der Waals surface area contributed by atoms with Crippen molar-refractivity contribution in [2.75, 3.05) is 11.7 Å². The third-order valence-electron chi connectivity index (χ3n) is 6.01. The minimum absolute atomic E-state index is 0.0232. The highest BCUT2D eigenvalue weighted by Crippen LogP contribution is 2.45. The zero-order chi connectivity index (χ0) is 23.9. The fourth-order valence-corrected chi connectivity index (χ4v) is 4.72. The first-order valence-electron chi connectivity index (χ1n) is 10.8. The molecule has 2 atom stereocenters. The molecule has 0 bridgehead atoms. The van der Waals surface area contributed by atoms with Crippen molar-refractivity contribution in [3.05, 3.63) is 101 Å². The summed E-state index contributed by atoms with van der Waals surface area (Å²) in [5.41, 5.74) is 2.40. The van der Waals surface area contributed by atoms with Crippen LogP contribution in [0.25, 0.3) is 11.3 Å². The molecule has 4 aromatic rings. The summed E-state index contributed by atoms with van der Waals surface area (Å²) in [5, 5.41) is 14.9. The van der Waals surface area contributed by atoms with Crippen molar-refractivity contribution in [3.8, 4) is 22.8 Å². The molecule has 0 radical (unpaired) electrons. The van der Waals surface area contributed by atoms with Gasteiger partial charge >= 0.3 is 0 Å². The predicted molar refractivity (Wildman–Crippen MR) is 131 cm³/mol. The van der Waals surface area contributed by atoms with Crippen molar-refractivity contribution in [2.45, 2.75) is 12.1 Å². The van der Waals surface area contributed by atoms with Crippen LogP contribution in [0.1, 0.15) is 23.5 Å². The van der Waals surface area contributed by atoms with Crippen LogP contribution in [-0.2, 0) is 0 Å². The van der Waals surface area contributed by atoms with Gasteiger partial charge in [-0.2, -0.15) is 0 Å². The van der Waals surface area contributed by atoms with Gasteiger partial charge in [0, 0.05) is 35.6 Å². The first-order valence-corrected chi connectivity index (χ1v) is 11.2. The second-order valence-corrected chi connectivity index (χ2v) is 8.43. The molecule has 1 fully saturated rings. The van der Waals surface area contributed by atoms with Crippen LogP contribution in [0.3, 0.4) is 0 Å². The topological polar surface area (TPSA) is 103 Å². The van der Waals surface area contributed by atoms with Crippen molar-refractivity contribution in [1.29, 1.82) is 0 Å². The molecule has 2 aliphatic rings. The van der Waals surface area contributed by atoms with Gasteiger partial charge in [0.2, 0.25) is 6.79 Å². The normalized spacial score (nSPS) is 18.5. The summed E-state index contributed by atoms with van der Waals surface area (Å²) in [5.74, 6) is 2.59. The molecule has 0 unspecified atom stereocenters. The number of fused-ring (bicyclic) bond motifs is 1. The molecule has 174 valence electrons. The van der Waals surface area contributed by atoms with Gasteiger partial charge in [0.15, 0.2) is 16.6 Å². The van der Waals surface area contributed by atoms with Gasteiger partial charge in [-0.15, -0.1) is 0 Å². The Kier molecular flexibility index (Phi) is 5.07. The highest BCUT2D eigenvalue weighted by Gasteiger charge is 2.43. The number of thiocarbonyl (C=S) groups is 1. The lowest BCUT2D eigenvalue weighted by atomic mass is 10.0. The highest BCUT2D eigenvalue weighted by molar-refractivity contribution is 7.80. The number of nitrogens with zero attached hydrogens (tertiary/aromatic N) is 3. The summed E-state index contributed by atoms with van der Waals surface area (Å²) in [6.45, 7) is 0.179. The van der Waals surface area contributed by atoms with Crippen molar-refractivity contribution in [2.24, 2.45) is 0 Å². The van der Waals surface area contributed by atoms with Gasteiger partial charge in [0.1, 0.15) is 17.6 Å². The van der Waals surface area contributed by atoms with Gasteiger partial charge < -0.3 is 24.1 Å². The van der Waals surface area contributed by atoms with E-state index in [1.54, 1.807) is 18.3 Å². The van der Waals surface area contributed by atoms with E-state index in [9.17, 15) is 10.1 Å². The highest BCUT2D eigenvalue weighted by atomic mass is 32.1. The van der Waals surface area contributed by atoms with Crippen LogP contribution in [0.15, 0.2) is 83.4 Å². The van der Waals surface area contributed by atoms with Crippen LogP contribution >= 0.6 is 12.2 Å². The molecule has 0 amide bonds. The summed E-state index contributed by atoms with van der Waals surface area (Å²) in [6.07, 6.45) is 1.74. The number of furan rings is 1. The fourth-order valence-electron chi connectivity index (χ4n) is 4.37. The smallest absolute Gasteiger partial charge is 0.269 e. The molecule has 2 aromatic carbocycles. The molecule has 2 aliphatic heterocycles. The molecule has 0 saturated carbocycles. The molecule has 2 aromatic heterocycles. The lowest BCUT2D eigenvalue weighted by molar-refractivity contribution is -0.384. The van der Waals surface area contributed by atoms with E-state index in [1.165, 1.54) is 12.1 Å². The minimum atomic E-state index is -0.427. The second kappa shape index (κ2) is 8.41. The SMILES string of the molecule is O=[N+]([O-])c1ccc(-c2ccc([C@@H]3[C@H](c4ccccn4)NC(=S)N3c3ccc4c(c3)OCO4)o2)cc1. The number of non-ortho nitro benzene ring substituents is 1. The van der Waals surface area contributed by atoms with Gasteiger partial charge in [-0.1, -0.05) is 6.07 Å². The molecular weight excluding hydrogens is 468 g/mol. The molecule has 35 heavy (non-hydrogen) atoms. The Balaban J connectivity index is 1.41. The number of nitrogens with one attached hydrogen (secondary N) is 1. The maximum absolute atomic E-state index is 11.0. The third kappa shape index (κ3) is 3.73. The van der Waals surface area contributed by atoms with E-state index in [0.717, 1.165) is 16.9 Å². The lowest BCUT2D eigenvalue weighted by Crippen LogP contribution is -2.29. The number of ether oxygens (including phenoxy) is 2. The van der Waals surface area contributed by atoms with E-state index >= 15 is 0 Å². The summed E-state index contributed by atoms with van der Waals surface area (Å²) in [4.78, 5) is 17.1. The van der Waals surface area contributed by atoms with Crippen LogP contribution in [0.5, 0.6) is 11.5 Å². The second-order valence-electron chi connectivity index (χ2n) is 8.04. The third-order valence-corrected chi connectivity index (χ3v) is 6.33. The average molecular weight is 487 g/mol. The summed E-state index contributed by atoms with van der Waals surface area (Å²) in [6, 6.07) is 20.8. The minimum Gasteiger partial charge on any atom is -0.459 e. The molecule has 1 N–H and O–H groups in total. The Bertz CT molecular complexity index is 1420. The number of anilines is 1. The Hall–Kier alpha value is -4.44. The Morgan fingerprint density at radius 3 is 2.63 bits per heavy atom. The van der Waals surface area contributed by atoms with Crippen molar-refractivity contribution < 1.29 is 18.8 Å². The molecule has 0 aliphatic carbocycles. The predicted octanol–water partition coefficient (Wildman–Crippen LogP) is 5.16. The van der Waals surface area contributed by atoms with Gasteiger partial charge in [-0.3, -0.25) is 15.1 Å². The van der Waals surface area contributed by atoms with Gasteiger partial charge in [0.25, 0.3) is 5.69 Å². The quantitative estimate of drug-likeness (QED) is 0.233. The summed E-state index contributed by atoms with van der Waals surface area (Å²) >= 11 is 5.75. The van der Waals surface area contributed by atoms with Crippen LogP contribution in [0, 0.1) is 10.1 Å². The van der Waals surface area contributed by atoms with Crippen LogP contribution < -0.4 is 19.7 Å². The van der Waals surface area contributed by atoms with Crippen molar-refractivity contribution >= 4 is 28.7 Å². The first-order chi connectivity index (χ1) is 17.1. The number of benzene rings is 2. The van der Waals surface area contributed by atoms with Crippen LogP contribution in [0.4, 0.5) is 11.4 Å². The Morgan fingerprint density at radius 1 is 1.03 bits per heavy atom. The number of nitro benzene ring substituents is 1. The lowest BCUT2D eigenvalue weighted by Gasteiger charge is -2.26. The number of nitro groups is 1. The molecule has 1 saturated heterocycles. The van der Waals surface area contributed by atoms with Crippen LogP contribution in [0.2, 0.25) is 0 Å². The summed E-state index contributed by atoms with van der Waals surface area (Å²) in [7, 11) is 0. The molecule has 6 rings (SSSR count). The standard InChI is InChI=1S/C25H18N4O5S/c30-29(31)16-6-4-15(5-7-16)19-10-11-21(34-19)24-23(18-3-1-2-12-26-18)27-25(35)28(24)17-8-9-20-22(13-17)33-14-32-20/h1-13,23-24H,14H2,(H,27,35)/t23-,24+/m0/s1. The number of pyridine rings is 1. The first kappa shape index (κ1) is 21.1. The molecule has 9 nitrogen and oxygen atoms in total. The van der Waals surface area contributed by atoms with Gasteiger partial charge in [-0.25, -0.2) is 0 Å². The largest absolute Gasteiger partial charge is 0.459 e. The Labute approximate surface area is 205 Å². The van der Waals surface area contributed by atoms with Gasteiger partial charge in [0.05, 0.1) is 16.7 Å². The average Bonchev–Trinajstić information content (AvgIpc) is 3.62. The van der Waals surface area contributed by atoms with Crippen molar-refractivity contribution in [1.82, 2.24) is 10.3 Å². The zero-order valence-corrected chi connectivity index (χ0v) is 19.0. The molecular formula is C25H18N4O5S. The Morgan fingerprint density at radius 2 is 1.86 bits per heavy atom. The monoisotopic (exact) mass is 486 g/mol. The molecule has 10 heteroatoms. The van der Waals surface area contributed by atoms with E-state index in [2.05, 4.69) is 10.3 Å². The van der Waals surface area contributed by atoms with E-state index in [-0.39, 0.29) is 24.6 Å². The number of rotatable bonds is 5. The fraction of sp³-hybridized carbons (Fsp3) is 0.120. The van der Waals surface area contributed by atoms with E-state index in [4.69, 9.17) is 26.1 Å². The number of hydrogen-bond donors (Lipinski definition) is 1. The molecule has 4 heterocycles. The van der Waals surface area contributed by atoms with E-state index in [1.807, 2.05) is 53.4 Å². The number of hydrogen-bond acceptors (Lipinski definition) is 7. The maximum Gasteiger partial charge on any atom is 0.269 e.